The molecule has 3 N–H and O–H groups in total. The van der Waals surface area contributed by atoms with Gasteiger partial charge in [-0.1, -0.05) is 31.0 Å². The second-order valence-electron chi connectivity index (χ2n) is 6.10. The summed E-state index contributed by atoms with van der Waals surface area (Å²) in [6, 6.07) is 7.58. The predicted molar refractivity (Wildman–Crippen MR) is 86.2 cm³/mol. The summed E-state index contributed by atoms with van der Waals surface area (Å²) in [5, 5.41) is 14.7. The molecule has 1 atom stereocenters. The van der Waals surface area contributed by atoms with Crippen molar-refractivity contribution >= 4 is 6.03 Å². The van der Waals surface area contributed by atoms with E-state index in [9.17, 15) is 4.79 Å². The highest BCUT2D eigenvalue weighted by Gasteiger charge is 2.38. The molecule has 0 spiro atoms. The van der Waals surface area contributed by atoms with E-state index in [0.29, 0.717) is 6.54 Å². The number of aliphatic hydroxyl groups excluding tert-OH is 1. The lowest BCUT2D eigenvalue weighted by molar-refractivity contribution is 0.217. The third kappa shape index (κ3) is 3.71. The van der Waals surface area contributed by atoms with Crippen molar-refractivity contribution in [3.05, 3.63) is 29.8 Å². The minimum atomic E-state index is -0.245. The fourth-order valence-electron chi connectivity index (χ4n) is 3.25. The molecule has 0 heterocycles. The zero-order chi connectivity index (χ0) is 16.0. The molecule has 1 unspecified atom stereocenters. The number of ether oxygens (including phenoxy) is 1. The zero-order valence-corrected chi connectivity index (χ0v) is 13.4. The Morgan fingerprint density at radius 2 is 2.05 bits per heavy atom. The quantitative estimate of drug-likeness (QED) is 0.754. The first kappa shape index (κ1) is 16.6. The van der Waals surface area contributed by atoms with Crippen LogP contribution < -0.4 is 15.4 Å². The molecule has 1 aliphatic carbocycles. The number of carbonyl (C=O) groups is 1. The Morgan fingerprint density at radius 3 is 2.68 bits per heavy atom. The zero-order valence-electron chi connectivity index (χ0n) is 13.4. The number of methoxy groups -OCH3 is 1. The summed E-state index contributed by atoms with van der Waals surface area (Å²) in [7, 11) is 1.69. The largest absolute Gasteiger partial charge is 0.496 e. The minimum Gasteiger partial charge on any atom is -0.496 e. The summed E-state index contributed by atoms with van der Waals surface area (Å²) in [5.74, 6) is 0.885. The van der Waals surface area contributed by atoms with Gasteiger partial charge in [-0.3, -0.25) is 0 Å². The van der Waals surface area contributed by atoms with E-state index >= 15 is 0 Å². The number of aliphatic hydroxyl groups is 1. The number of urea groups is 1. The highest BCUT2D eigenvalue weighted by Crippen LogP contribution is 2.44. The lowest BCUT2D eigenvalue weighted by Gasteiger charge is -2.31. The molecule has 22 heavy (non-hydrogen) atoms. The number of amides is 2. The highest BCUT2D eigenvalue weighted by atomic mass is 16.5. The molecular formula is C17H26N2O3. The van der Waals surface area contributed by atoms with Crippen LogP contribution in [0.3, 0.4) is 0 Å². The fraction of sp³-hybridized carbons (Fsp3) is 0.588. The van der Waals surface area contributed by atoms with E-state index in [1.807, 2.05) is 18.2 Å². The molecule has 0 aliphatic heterocycles. The molecule has 0 radical (unpaired) electrons. The van der Waals surface area contributed by atoms with Crippen LogP contribution in [0.4, 0.5) is 4.79 Å². The third-order valence-electron chi connectivity index (χ3n) is 4.48. The number of para-hydroxylation sites is 1. The molecule has 5 nitrogen and oxygen atoms in total. The van der Waals surface area contributed by atoms with Crippen LogP contribution in [-0.4, -0.2) is 37.4 Å². The summed E-state index contributed by atoms with van der Waals surface area (Å²) in [6.07, 6.45) is 4.41. The van der Waals surface area contributed by atoms with E-state index < -0.39 is 0 Å². The molecule has 1 aromatic rings. The first-order valence-electron chi connectivity index (χ1n) is 7.90. The maximum absolute atomic E-state index is 11.9. The number of hydrogen-bond donors (Lipinski definition) is 3. The van der Waals surface area contributed by atoms with E-state index in [4.69, 9.17) is 9.84 Å². The molecular weight excluding hydrogens is 280 g/mol. The van der Waals surface area contributed by atoms with Gasteiger partial charge in [0.2, 0.25) is 0 Å². The van der Waals surface area contributed by atoms with Crippen LogP contribution in [0.25, 0.3) is 0 Å². The van der Waals surface area contributed by atoms with Gasteiger partial charge in [0, 0.05) is 17.5 Å². The lowest BCUT2D eigenvalue weighted by atomic mass is 9.78. The van der Waals surface area contributed by atoms with E-state index in [1.165, 1.54) is 5.56 Å². The highest BCUT2D eigenvalue weighted by molar-refractivity contribution is 5.74. The van der Waals surface area contributed by atoms with Gasteiger partial charge in [0.1, 0.15) is 5.75 Å². The molecule has 2 amide bonds. The van der Waals surface area contributed by atoms with Gasteiger partial charge in [0.25, 0.3) is 0 Å². The molecule has 0 bridgehead atoms. The standard InChI is InChI=1S/C17H26N2O3/c1-13(11-20)19-16(21)18-12-17(9-5-6-10-17)14-7-3-4-8-15(14)22-2/h3-4,7-8,13,20H,5-6,9-12H2,1-2H3,(H2,18,19,21). The van der Waals surface area contributed by atoms with Crippen LogP contribution in [0.2, 0.25) is 0 Å². The number of hydrogen-bond acceptors (Lipinski definition) is 3. The molecule has 1 aromatic carbocycles. The predicted octanol–water partition coefficient (Wildman–Crippen LogP) is 2.19. The fourth-order valence-corrected chi connectivity index (χ4v) is 3.25. The van der Waals surface area contributed by atoms with Gasteiger partial charge in [-0.15, -0.1) is 0 Å². The summed E-state index contributed by atoms with van der Waals surface area (Å²) >= 11 is 0. The van der Waals surface area contributed by atoms with Crippen molar-refractivity contribution in [3.8, 4) is 5.75 Å². The Hall–Kier alpha value is -1.75. The maximum atomic E-state index is 11.9. The molecule has 1 aliphatic rings. The van der Waals surface area contributed by atoms with Crippen molar-refractivity contribution in [1.29, 1.82) is 0 Å². The summed E-state index contributed by atoms with van der Waals surface area (Å²) in [5.41, 5.74) is 1.11. The number of rotatable bonds is 6. The van der Waals surface area contributed by atoms with E-state index in [2.05, 4.69) is 16.7 Å². The molecule has 2 rings (SSSR count). The Bertz CT molecular complexity index is 498. The topological polar surface area (TPSA) is 70.6 Å². The first-order valence-corrected chi connectivity index (χ1v) is 7.90. The van der Waals surface area contributed by atoms with E-state index in [-0.39, 0.29) is 24.1 Å². The van der Waals surface area contributed by atoms with Crippen LogP contribution in [-0.2, 0) is 5.41 Å². The van der Waals surface area contributed by atoms with Crippen molar-refractivity contribution in [2.45, 2.75) is 44.1 Å². The van der Waals surface area contributed by atoms with E-state index in [1.54, 1.807) is 14.0 Å². The van der Waals surface area contributed by atoms with Gasteiger partial charge in [-0.25, -0.2) is 4.79 Å². The van der Waals surface area contributed by atoms with Crippen LogP contribution >= 0.6 is 0 Å². The van der Waals surface area contributed by atoms with Gasteiger partial charge < -0.3 is 20.5 Å². The smallest absolute Gasteiger partial charge is 0.315 e. The normalized spacial score (nSPS) is 17.8. The van der Waals surface area contributed by atoms with Crippen LogP contribution in [0, 0.1) is 0 Å². The summed E-state index contributed by atoms with van der Waals surface area (Å²) in [6.45, 7) is 2.29. The SMILES string of the molecule is COc1ccccc1C1(CNC(=O)NC(C)CO)CCCC1. The van der Waals surface area contributed by atoms with Crippen LogP contribution in [0.15, 0.2) is 24.3 Å². The van der Waals surface area contributed by atoms with Crippen molar-refractivity contribution < 1.29 is 14.6 Å². The first-order chi connectivity index (χ1) is 10.6. The van der Waals surface area contributed by atoms with Crippen LogP contribution in [0.1, 0.15) is 38.2 Å². The number of benzene rings is 1. The minimum absolute atomic E-state index is 0.0631. The Balaban J connectivity index is 2.11. The third-order valence-corrected chi connectivity index (χ3v) is 4.48. The van der Waals surface area contributed by atoms with Gasteiger partial charge in [-0.05, 0) is 25.8 Å². The summed E-state index contributed by atoms with van der Waals surface area (Å²) < 4.78 is 5.51. The molecule has 1 saturated carbocycles. The molecule has 0 saturated heterocycles. The molecule has 5 heteroatoms. The maximum Gasteiger partial charge on any atom is 0.315 e. The van der Waals surface area contributed by atoms with Gasteiger partial charge in [0.15, 0.2) is 0 Å². The monoisotopic (exact) mass is 306 g/mol. The van der Waals surface area contributed by atoms with Crippen LogP contribution in [0.5, 0.6) is 5.75 Å². The Morgan fingerprint density at radius 1 is 1.36 bits per heavy atom. The second-order valence-corrected chi connectivity index (χ2v) is 6.10. The van der Waals surface area contributed by atoms with Gasteiger partial charge >= 0.3 is 6.03 Å². The van der Waals surface area contributed by atoms with E-state index in [0.717, 1.165) is 31.4 Å². The second kappa shape index (κ2) is 7.49. The molecule has 1 fully saturated rings. The molecule has 122 valence electrons. The summed E-state index contributed by atoms with van der Waals surface area (Å²) in [4.78, 5) is 11.9. The number of nitrogens with one attached hydrogen (secondary N) is 2. The lowest BCUT2D eigenvalue weighted by Crippen LogP contribution is -2.47. The van der Waals surface area contributed by atoms with Crippen molar-refractivity contribution in [2.24, 2.45) is 0 Å². The van der Waals surface area contributed by atoms with Gasteiger partial charge in [-0.2, -0.15) is 0 Å². The van der Waals surface area contributed by atoms with Crippen molar-refractivity contribution in [3.63, 3.8) is 0 Å². The number of carbonyl (C=O) groups excluding carboxylic acids is 1. The van der Waals surface area contributed by atoms with Gasteiger partial charge in [0.05, 0.1) is 19.8 Å². The van der Waals surface area contributed by atoms with Crippen molar-refractivity contribution in [1.82, 2.24) is 10.6 Å². The molecule has 0 aromatic heterocycles. The average Bonchev–Trinajstić information content (AvgIpc) is 3.02. The Kier molecular flexibility index (Phi) is 5.66. The van der Waals surface area contributed by atoms with Crippen molar-refractivity contribution in [2.75, 3.05) is 20.3 Å². The Labute approximate surface area is 132 Å². The average molecular weight is 306 g/mol.